The Morgan fingerprint density at radius 3 is 2.55 bits per heavy atom. The van der Waals surface area contributed by atoms with Crippen molar-refractivity contribution in [3.63, 3.8) is 0 Å². The molecule has 3 atom stereocenters. The van der Waals surface area contributed by atoms with Gasteiger partial charge in [0.2, 0.25) is 5.95 Å². The van der Waals surface area contributed by atoms with E-state index >= 15 is 0 Å². The lowest BCUT2D eigenvalue weighted by atomic mass is 9.82. The lowest BCUT2D eigenvalue weighted by Crippen LogP contribution is -2.37. The minimum Gasteiger partial charge on any atom is -0.385 e. The number of benzene rings is 1. The number of likely N-dealkylation sites (tertiary alicyclic amines) is 1. The van der Waals surface area contributed by atoms with E-state index in [1.54, 1.807) is 12.1 Å². The topological polar surface area (TPSA) is 61.7 Å². The summed E-state index contributed by atoms with van der Waals surface area (Å²) in [6, 6.07) is 6.36. The average Bonchev–Trinajstić information content (AvgIpc) is 3.30. The van der Waals surface area contributed by atoms with E-state index in [9.17, 15) is 9.50 Å². The molecular weight excluding hydrogens is 371 g/mol. The van der Waals surface area contributed by atoms with Crippen molar-refractivity contribution in [2.45, 2.75) is 25.0 Å². The Morgan fingerprint density at radius 2 is 1.83 bits per heavy atom. The number of hydrogen-bond acceptors (Lipinski definition) is 6. The predicted octanol–water partition coefficient (Wildman–Crippen LogP) is 2.18. The van der Waals surface area contributed by atoms with Crippen LogP contribution in [0.2, 0.25) is 0 Å². The van der Waals surface area contributed by atoms with Gasteiger partial charge < -0.3 is 14.7 Å². The van der Waals surface area contributed by atoms with E-state index < -0.39 is 5.60 Å². The molecular formula is C22H27FN4O2. The molecule has 1 saturated carbocycles. The van der Waals surface area contributed by atoms with E-state index in [0.29, 0.717) is 5.92 Å². The van der Waals surface area contributed by atoms with Gasteiger partial charge in [0.15, 0.2) is 0 Å². The number of hydrogen-bond donors (Lipinski definition) is 1. The zero-order chi connectivity index (χ0) is 19.8. The molecule has 0 spiro atoms. The van der Waals surface area contributed by atoms with E-state index in [1.165, 1.54) is 12.1 Å². The molecule has 3 aliphatic rings. The second-order valence-corrected chi connectivity index (χ2v) is 8.52. The second kappa shape index (κ2) is 7.63. The first-order valence-electron chi connectivity index (χ1n) is 10.5. The van der Waals surface area contributed by atoms with E-state index in [-0.39, 0.29) is 11.7 Å². The van der Waals surface area contributed by atoms with E-state index in [1.807, 2.05) is 12.4 Å². The van der Waals surface area contributed by atoms with Crippen LogP contribution < -0.4 is 4.90 Å². The molecule has 2 aromatic rings. The van der Waals surface area contributed by atoms with Crippen LogP contribution in [0.3, 0.4) is 0 Å². The molecule has 7 heteroatoms. The molecule has 2 saturated heterocycles. The van der Waals surface area contributed by atoms with Gasteiger partial charge in [-0.05, 0) is 36.5 Å². The summed E-state index contributed by atoms with van der Waals surface area (Å²) in [6.45, 7) is 5.70. The third-order valence-electron chi connectivity index (χ3n) is 6.76. The van der Waals surface area contributed by atoms with Gasteiger partial charge in [-0.2, -0.15) is 0 Å². The molecule has 154 valence electrons. The maximum Gasteiger partial charge on any atom is 0.225 e. The number of fused-ring (bicyclic) bond motifs is 1. The Kier molecular flexibility index (Phi) is 4.97. The standard InChI is InChI=1S/C22H27FN4O2/c23-19-3-1-18(2-4-19)22(28)6-5-17-14-26(15-20(17)22)13-16-11-24-21(25-12-16)27-7-9-29-10-8-27/h1-4,11-12,17,20,28H,5-10,13-15H2. The van der Waals surface area contributed by atoms with Gasteiger partial charge in [0.1, 0.15) is 5.82 Å². The Morgan fingerprint density at radius 1 is 1.10 bits per heavy atom. The first-order chi connectivity index (χ1) is 14.1. The summed E-state index contributed by atoms with van der Waals surface area (Å²) in [5.74, 6) is 1.15. The van der Waals surface area contributed by atoms with Crippen LogP contribution in [0.4, 0.5) is 10.3 Å². The fourth-order valence-electron chi connectivity index (χ4n) is 5.23. The molecule has 1 aromatic heterocycles. The number of morpholine rings is 1. The Balaban J connectivity index is 1.24. The molecule has 29 heavy (non-hydrogen) atoms. The van der Waals surface area contributed by atoms with Crippen LogP contribution in [-0.4, -0.2) is 59.4 Å². The van der Waals surface area contributed by atoms with Crippen molar-refractivity contribution in [3.8, 4) is 0 Å². The first-order valence-corrected chi connectivity index (χ1v) is 10.5. The normalized spacial score (nSPS) is 29.9. The van der Waals surface area contributed by atoms with E-state index in [0.717, 1.165) is 75.9 Å². The Hall–Kier alpha value is -2.09. The van der Waals surface area contributed by atoms with Crippen LogP contribution in [0.1, 0.15) is 24.0 Å². The SMILES string of the molecule is OC1(c2ccc(F)cc2)CCC2CN(Cc3cnc(N4CCOCC4)nc3)CC21. The molecule has 0 radical (unpaired) electrons. The number of anilines is 1. The maximum atomic E-state index is 13.3. The zero-order valence-corrected chi connectivity index (χ0v) is 16.5. The third-order valence-corrected chi connectivity index (χ3v) is 6.76. The predicted molar refractivity (Wildman–Crippen MR) is 107 cm³/mol. The molecule has 0 bridgehead atoms. The molecule has 5 rings (SSSR count). The van der Waals surface area contributed by atoms with E-state index in [2.05, 4.69) is 19.8 Å². The largest absolute Gasteiger partial charge is 0.385 e. The van der Waals surface area contributed by atoms with Crippen molar-refractivity contribution in [1.29, 1.82) is 0 Å². The summed E-state index contributed by atoms with van der Waals surface area (Å²) in [4.78, 5) is 13.6. The average molecular weight is 398 g/mol. The quantitative estimate of drug-likeness (QED) is 0.852. The highest BCUT2D eigenvalue weighted by Crippen LogP contribution is 2.50. The monoisotopic (exact) mass is 398 g/mol. The van der Waals surface area contributed by atoms with Gasteiger partial charge in [-0.15, -0.1) is 0 Å². The molecule has 1 N–H and O–H groups in total. The van der Waals surface area contributed by atoms with Crippen molar-refractivity contribution in [3.05, 3.63) is 53.6 Å². The highest BCUT2D eigenvalue weighted by molar-refractivity contribution is 5.30. The maximum absolute atomic E-state index is 13.3. The summed E-state index contributed by atoms with van der Waals surface area (Å²) < 4.78 is 18.7. The highest BCUT2D eigenvalue weighted by Gasteiger charge is 2.52. The van der Waals surface area contributed by atoms with Crippen LogP contribution in [0.25, 0.3) is 0 Å². The van der Waals surface area contributed by atoms with Crippen LogP contribution in [0.15, 0.2) is 36.7 Å². The lowest BCUT2D eigenvalue weighted by molar-refractivity contribution is -0.00688. The van der Waals surface area contributed by atoms with Crippen molar-refractivity contribution < 1.29 is 14.2 Å². The van der Waals surface area contributed by atoms with Crippen molar-refractivity contribution in [1.82, 2.24) is 14.9 Å². The molecule has 2 aliphatic heterocycles. The van der Waals surface area contributed by atoms with Crippen LogP contribution >= 0.6 is 0 Å². The Bertz CT molecular complexity index is 841. The van der Waals surface area contributed by atoms with Gasteiger partial charge in [0.05, 0.1) is 18.8 Å². The Labute approximate surface area is 170 Å². The van der Waals surface area contributed by atoms with Gasteiger partial charge in [0, 0.05) is 56.6 Å². The smallest absolute Gasteiger partial charge is 0.225 e. The fraction of sp³-hybridized carbons (Fsp3) is 0.545. The number of aromatic nitrogens is 2. The summed E-state index contributed by atoms with van der Waals surface area (Å²) >= 11 is 0. The van der Waals surface area contributed by atoms with Crippen LogP contribution in [0, 0.1) is 17.7 Å². The minimum absolute atomic E-state index is 0.182. The van der Waals surface area contributed by atoms with Crippen molar-refractivity contribution >= 4 is 5.95 Å². The summed E-state index contributed by atoms with van der Waals surface area (Å²) in [5, 5.41) is 11.4. The molecule has 3 heterocycles. The number of ether oxygens (including phenoxy) is 1. The number of nitrogens with zero attached hydrogens (tertiary/aromatic N) is 4. The second-order valence-electron chi connectivity index (χ2n) is 8.52. The van der Waals surface area contributed by atoms with Gasteiger partial charge in [0.25, 0.3) is 0 Å². The molecule has 3 unspecified atom stereocenters. The van der Waals surface area contributed by atoms with Crippen LogP contribution in [-0.2, 0) is 16.9 Å². The number of halogens is 1. The summed E-state index contributed by atoms with van der Waals surface area (Å²) in [6.07, 6.45) is 5.58. The molecule has 0 amide bonds. The molecule has 1 aliphatic carbocycles. The van der Waals surface area contributed by atoms with Crippen molar-refractivity contribution in [2.75, 3.05) is 44.3 Å². The van der Waals surface area contributed by atoms with E-state index in [4.69, 9.17) is 4.74 Å². The number of aliphatic hydroxyl groups is 1. The molecule has 3 fully saturated rings. The van der Waals surface area contributed by atoms with Gasteiger partial charge >= 0.3 is 0 Å². The molecule has 1 aromatic carbocycles. The first kappa shape index (κ1) is 18.9. The van der Waals surface area contributed by atoms with Gasteiger partial charge in [-0.1, -0.05) is 12.1 Å². The van der Waals surface area contributed by atoms with Crippen molar-refractivity contribution in [2.24, 2.45) is 11.8 Å². The minimum atomic E-state index is -0.857. The highest BCUT2D eigenvalue weighted by atomic mass is 19.1. The van der Waals surface area contributed by atoms with Crippen LogP contribution in [0.5, 0.6) is 0 Å². The summed E-state index contributed by atoms with van der Waals surface area (Å²) in [5.41, 5.74) is 1.07. The fourth-order valence-corrected chi connectivity index (χ4v) is 5.23. The van der Waals surface area contributed by atoms with Gasteiger partial charge in [-0.3, -0.25) is 4.90 Å². The molecule has 6 nitrogen and oxygen atoms in total. The van der Waals surface area contributed by atoms with Gasteiger partial charge in [-0.25, -0.2) is 14.4 Å². The number of rotatable bonds is 4. The summed E-state index contributed by atoms with van der Waals surface area (Å²) in [7, 11) is 0. The lowest BCUT2D eigenvalue weighted by Gasteiger charge is -2.31. The third kappa shape index (κ3) is 3.63. The zero-order valence-electron chi connectivity index (χ0n) is 16.5.